The Morgan fingerprint density at radius 2 is 1.56 bits per heavy atom. The van der Waals surface area contributed by atoms with Crippen molar-refractivity contribution in [3.63, 3.8) is 0 Å². The first-order chi connectivity index (χ1) is 12.0. The van der Waals surface area contributed by atoms with E-state index in [4.69, 9.17) is 0 Å². The monoisotopic (exact) mass is 338 g/mol. The van der Waals surface area contributed by atoms with E-state index in [-0.39, 0.29) is 24.2 Å². The molecule has 132 valence electrons. The van der Waals surface area contributed by atoms with Gasteiger partial charge < -0.3 is 10.6 Å². The summed E-state index contributed by atoms with van der Waals surface area (Å²) in [6.07, 6.45) is 0.273. The second kappa shape index (κ2) is 9.02. The molecule has 0 aliphatic heterocycles. The molecule has 25 heavy (non-hydrogen) atoms. The van der Waals surface area contributed by atoms with E-state index in [9.17, 15) is 9.59 Å². The summed E-state index contributed by atoms with van der Waals surface area (Å²) in [6, 6.07) is 17.0. The number of rotatable bonds is 7. The summed E-state index contributed by atoms with van der Waals surface area (Å²) in [5.74, 6) is -0.287. The topological polar surface area (TPSA) is 58.2 Å². The molecule has 1 atom stereocenters. The average molecular weight is 338 g/mol. The van der Waals surface area contributed by atoms with Crippen LogP contribution in [0.4, 0.5) is 0 Å². The lowest BCUT2D eigenvalue weighted by Gasteiger charge is -2.22. The number of carbonyl (C=O) groups is 2. The van der Waals surface area contributed by atoms with Gasteiger partial charge in [-0.1, -0.05) is 74.0 Å². The largest absolute Gasteiger partial charge is 0.350 e. The molecule has 0 spiro atoms. The molecule has 2 aromatic carbocycles. The summed E-state index contributed by atoms with van der Waals surface area (Å²) >= 11 is 0. The van der Waals surface area contributed by atoms with Crippen molar-refractivity contribution in [3.8, 4) is 0 Å². The van der Waals surface area contributed by atoms with E-state index in [0.717, 1.165) is 11.1 Å². The second-order valence-electron chi connectivity index (χ2n) is 6.65. The molecule has 0 saturated heterocycles. The predicted octanol–water partition coefficient (Wildman–Crippen LogP) is 2.99. The third kappa shape index (κ3) is 6.07. The van der Waals surface area contributed by atoms with Crippen molar-refractivity contribution >= 4 is 11.8 Å². The van der Waals surface area contributed by atoms with Gasteiger partial charge in [0.05, 0.1) is 6.42 Å². The maximum Gasteiger partial charge on any atom is 0.243 e. The second-order valence-corrected chi connectivity index (χ2v) is 6.65. The van der Waals surface area contributed by atoms with Crippen LogP contribution < -0.4 is 10.6 Å². The van der Waals surface area contributed by atoms with E-state index in [1.165, 1.54) is 5.56 Å². The van der Waals surface area contributed by atoms with Crippen molar-refractivity contribution in [1.82, 2.24) is 10.6 Å². The highest BCUT2D eigenvalue weighted by molar-refractivity contribution is 5.88. The Labute approximate surface area is 149 Å². The molecule has 2 rings (SSSR count). The van der Waals surface area contributed by atoms with E-state index < -0.39 is 6.04 Å². The molecule has 2 amide bonds. The third-order valence-electron chi connectivity index (χ3n) is 4.06. The molecule has 0 radical (unpaired) electrons. The Bertz CT molecular complexity index is 694. The van der Waals surface area contributed by atoms with E-state index in [2.05, 4.69) is 10.6 Å². The van der Waals surface area contributed by atoms with E-state index in [0.29, 0.717) is 6.54 Å². The van der Waals surface area contributed by atoms with Crippen LogP contribution in [0.3, 0.4) is 0 Å². The van der Waals surface area contributed by atoms with Crippen LogP contribution in [-0.4, -0.2) is 17.9 Å². The molecule has 0 heterocycles. The highest BCUT2D eigenvalue weighted by Crippen LogP contribution is 2.06. The molecule has 4 nitrogen and oxygen atoms in total. The van der Waals surface area contributed by atoms with E-state index >= 15 is 0 Å². The van der Waals surface area contributed by atoms with Crippen LogP contribution in [0.2, 0.25) is 0 Å². The van der Waals surface area contributed by atoms with Crippen LogP contribution in [0.1, 0.15) is 30.5 Å². The predicted molar refractivity (Wildman–Crippen MR) is 99.9 cm³/mol. The van der Waals surface area contributed by atoms with Crippen LogP contribution in [0.25, 0.3) is 0 Å². The molecular weight excluding hydrogens is 312 g/mol. The number of aryl methyl sites for hydroxylation is 1. The minimum absolute atomic E-state index is 0.0118. The zero-order valence-electron chi connectivity index (χ0n) is 15.1. The number of benzene rings is 2. The van der Waals surface area contributed by atoms with Gasteiger partial charge in [0.1, 0.15) is 6.04 Å². The molecular formula is C21H26N2O2. The molecule has 0 aromatic heterocycles. The molecule has 2 aromatic rings. The van der Waals surface area contributed by atoms with Crippen molar-refractivity contribution in [1.29, 1.82) is 0 Å². The fourth-order valence-electron chi connectivity index (χ4n) is 2.55. The standard InChI is InChI=1S/C21H26N2O2/c1-15(2)20(23-19(24)13-17-7-5-4-6-8-17)21(25)22-14-18-11-9-16(3)10-12-18/h4-12,15,20H,13-14H2,1-3H3,(H,22,25)(H,23,24)/t20-/m0/s1. The maximum absolute atomic E-state index is 12.5. The highest BCUT2D eigenvalue weighted by Gasteiger charge is 2.23. The SMILES string of the molecule is Cc1ccc(CNC(=O)[C@@H](NC(=O)Cc2ccccc2)C(C)C)cc1. The minimum atomic E-state index is -0.540. The fraction of sp³-hybridized carbons (Fsp3) is 0.333. The number of nitrogens with one attached hydrogen (secondary N) is 2. The van der Waals surface area contributed by atoms with Gasteiger partial charge in [-0.05, 0) is 24.0 Å². The summed E-state index contributed by atoms with van der Waals surface area (Å²) in [7, 11) is 0. The van der Waals surface area contributed by atoms with Gasteiger partial charge in [-0.15, -0.1) is 0 Å². The van der Waals surface area contributed by atoms with Gasteiger partial charge in [0.15, 0.2) is 0 Å². The van der Waals surface area contributed by atoms with Crippen molar-refractivity contribution in [2.75, 3.05) is 0 Å². The quantitative estimate of drug-likeness (QED) is 0.815. The third-order valence-corrected chi connectivity index (χ3v) is 4.06. The van der Waals surface area contributed by atoms with Crippen molar-refractivity contribution < 1.29 is 9.59 Å². The van der Waals surface area contributed by atoms with Crippen LogP contribution in [0.15, 0.2) is 54.6 Å². The lowest BCUT2D eigenvalue weighted by molar-refractivity contribution is -0.129. The van der Waals surface area contributed by atoms with Crippen LogP contribution >= 0.6 is 0 Å². The lowest BCUT2D eigenvalue weighted by Crippen LogP contribution is -2.49. The zero-order valence-corrected chi connectivity index (χ0v) is 15.1. The van der Waals surface area contributed by atoms with Gasteiger partial charge >= 0.3 is 0 Å². The van der Waals surface area contributed by atoms with Crippen molar-refractivity contribution in [2.45, 2.75) is 39.8 Å². The maximum atomic E-state index is 12.5. The molecule has 0 aliphatic rings. The minimum Gasteiger partial charge on any atom is -0.350 e. The first kappa shape index (κ1) is 18.7. The molecule has 0 unspecified atom stereocenters. The summed E-state index contributed by atoms with van der Waals surface area (Å²) in [6.45, 7) is 6.34. The van der Waals surface area contributed by atoms with Gasteiger partial charge in [0, 0.05) is 6.54 Å². The van der Waals surface area contributed by atoms with Gasteiger partial charge in [-0.3, -0.25) is 9.59 Å². The molecule has 2 N–H and O–H groups in total. The van der Waals surface area contributed by atoms with Gasteiger partial charge in [-0.2, -0.15) is 0 Å². The van der Waals surface area contributed by atoms with Crippen LogP contribution in [-0.2, 0) is 22.6 Å². The van der Waals surface area contributed by atoms with Crippen molar-refractivity contribution in [3.05, 3.63) is 71.3 Å². The van der Waals surface area contributed by atoms with E-state index in [1.807, 2.05) is 75.4 Å². The first-order valence-corrected chi connectivity index (χ1v) is 8.62. The summed E-state index contributed by atoms with van der Waals surface area (Å²) in [5, 5.41) is 5.77. The van der Waals surface area contributed by atoms with Crippen LogP contribution in [0, 0.1) is 12.8 Å². The average Bonchev–Trinajstić information content (AvgIpc) is 2.59. The Morgan fingerprint density at radius 3 is 2.16 bits per heavy atom. The number of amides is 2. The Kier molecular flexibility index (Phi) is 6.75. The lowest BCUT2D eigenvalue weighted by atomic mass is 10.0. The van der Waals surface area contributed by atoms with E-state index in [1.54, 1.807) is 0 Å². The first-order valence-electron chi connectivity index (χ1n) is 8.62. The van der Waals surface area contributed by atoms with Crippen molar-refractivity contribution in [2.24, 2.45) is 5.92 Å². The smallest absolute Gasteiger partial charge is 0.243 e. The van der Waals surface area contributed by atoms with Crippen LogP contribution in [0.5, 0.6) is 0 Å². The summed E-state index contributed by atoms with van der Waals surface area (Å²) < 4.78 is 0. The fourth-order valence-corrected chi connectivity index (χ4v) is 2.55. The number of hydrogen-bond acceptors (Lipinski definition) is 2. The Morgan fingerprint density at radius 1 is 0.920 bits per heavy atom. The molecule has 4 heteroatoms. The number of hydrogen-bond donors (Lipinski definition) is 2. The normalized spacial score (nSPS) is 11.8. The van der Waals surface area contributed by atoms with Gasteiger partial charge in [-0.25, -0.2) is 0 Å². The van der Waals surface area contributed by atoms with Gasteiger partial charge in [0.25, 0.3) is 0 Å². The summed E-state index contributed by atoms with van der Waals surface area (Å²) in [4.78, 5) is 24.7. The molecule has 0 aliphatic carbocycles. The molecule has 0 fully saturated rings. The van der Waals surface area contributed by atoms with Gasteiger partial charge in [0.2, 0.25) is 11.8 Å². The summed E-state index contributed by atoms with van der Waals surface area (Å²) in [5.41, 5.74) is 3.16. The Balaban J connectivity index is 1.91. The number of carbonyl (C=O) groups excluding carboxylic acids is 2. The highest BCUT2D eigenvalue weighted by atomic mass is 16.2. The Hall–Kier alpha value is -2.62. The zero-order chi connectivity index (χ0) is 18.2. The molecule has 0 bridgehead atoms. The molecule has 0 saturated carbocycles.